The zero-order valence-electron chi connectivity index (χ0n) is 8.21. The van der Waals surface area contributed by atoms with Crippen molar-refractivity contribution in [2.24, 2.45) is 0 Å². The number of nitrogens with one attached hydrogen (secondary N) is 1. The van der Waals surface area contributed by atoms with Gasteiger partial charge in [-0.1, -0.05) is 0 Å². The maximum Gasteiger partial charge on any atom is 0.248 e. The Bertz CT molecular complexity index is 156. The van der Waals surface area contributed by atoms with Gasteiger partial charge in [0.25, 0.3) is 0 Å². The number of carbonyl (C=O) groups excluding carboxylic acids is 1. The van der Waals surface area contributed by atoms with Crippen molar-refractivity contribution in [2.45, 2.75) is 12.8 Å². The molecule has 1 fully saturated rings. The molecule has 1 rings (SSSR count). The first-order valence-corrected chi connectivity index (χ1v) is 4.84. The molecule has 0 aliphatic carbocycles. The lowest BCUT2D eigenvalue weighted by Gasteiger charge is -2.14. The molecule has 0 aromatic rings. The Hall–Kier alpha value is -0.610. The molecule has 1 amide bonds. The van der Waals surface area contributed by atoms with Gasteiger partial charge in [0, 0.05) is 19.6 Å². The number of likely N-dealkylation sites (tertiary alicyclic amines) is 1. The van der Waals surface area contributed by atoms with Crippen LogP contribution in [0, 0.1) is 0 Å². The van der Waals surface area contributed by atoms with Crippen LogP contribution in [0.15, 0.2) is 0 Å². The fourth-order valence-corrected chi connectivity index (χ4v) is 1.39. The number of likely N-dealkylation sites (N-methyl/N-ethyl adjacent to an activating group) is 1. The van der Waals surface area contributed by atoms with Crippen molar-refractivity contribution < 1.29 is 9.53 Å². The summed E-state index contributed by atoms with van der Waals surface area (Å²) in [6.45, 7) is 3.47. The summed E-state index contributed by atoms with van der Waals surface area (Å²) in [6, 6.07) is 0. The van der Waals surface area contributed by atoms with Gasteiger partial charge in [-0.3, -0.25) is 4.79 Å². The van der Waals surface area contributed by atoms with E-state index in [4.69, 9.17) is 4.74 Å². The van der Waals surface area contributed by atoms with Crippen LogP contribution in [0.5, 0.6) is 0 Å². The Morgan fingerprint density at radius 2 is 2.15 bits per heavy atom. The summed E-state index contributed by atoms with van der Waals surface area (Å²) in [5, 5.41) is 2.96. The Balaban J connectivity index is 2.03. The van der Waals surface area contributed by atoms with E-state index in [2.05, 4.69) is 5.32 Å². The predicted molar refractivity (Wildman–Crippen MR) is 50.6 cm³/mol. The first kappa shape index (κ1) is 10.5. The maximum atomic E-state index is 11.4. The lowest BCUT2D eigenvalue weighted by molar-refractivity contribution is -0.134. The summed E-state index contributed by atoms with van der Waals surface area (Å²) in [6.07, 6.45) is 2.28. The third kappa shape index (κ3) is 3.74. The lowest BCUT2D eigenvalue weighted by Crippen LogP contribution is -2.31. The number of nitrogens with zero attached hydrogens (tertiary/aromatic N) is 1. The second-order valence-electron chi connectivity index (χ2n) is 3.24. The highest BCUT2D eigenvalue weighted by molar-refractivity contribution is 5.77. The van der Waals surface area contributed by atoms with E-state index in [0.717, 1.165) is 32.5 Å². The van der Waals surface area contributed by atoms with Gasteiger partial charge in [0.05, 0.1) is 6.61 Å². The van der Waals surface area contributed by atoms with Crippen LogP contribution in [0.1, 0.15) is 12.8 Å². The smallest absolute Gasteiger partial charge is 0.248 e. The van der Waals surface area contributed by atoms with Crippen LogP contribution < -0.4 is 5.32 Å². The van der Waals surface area contributed by atoms with E-state index in [1.54, 1.807) is 0 Å². The minimum Gasteiger partial charge on any atom is -0.370 e. The molecule has 0 aromatic carbocycles. The summed E-state index contributed by atoms with van der Waals surface area (Å²) < 4.78 is 5.19. The first-order chi connectivity index (χ1) is 6.34. The van der Waals surface area contributed by atoms with Crippen molar-refractivity contribution in [3.63, 3.8) is 0 Å². The Morgan fingerprint density at radius 3 is 2.77 bits per heavy atom. The fourth-order valence-electron chi connectivity index (χ4n) is 1.39. The number of rotatable bonds is 5. The molecular weight excluding hydrogens is 168 g/mol. The van der Waals surface area contributed by atoms with Crippen LogP contribution >= 0.6 is 0 Å². The largest absolute Gasteiger partial charge is 0.370 e. The molecule has 13 heavy (non-hydrogen) atoms. The zero-order valence-corrected chi connectivity index (χ0v) is 8.21. The van der Waals surface area contributed by atoms with Crippen molar-refractivity contribution in [1.29, 1.82) is 0 Å². The number of hydrogen-bond acceptors (Lipinski definition) is 3. The quantitative estimate of drug-likeness (QED) is 0.607. The highest BCUT2D eigenvalue weighted by Crippen LogP contribution is 2.06. The fraction of sp³-hybridized carbons (Fsp3) is 0.889. The van der Waals surface area contributed by atoms with Crippen molar-refractivity contribution in [1.82, 2.24) is 10.2 Å². The van der Waals surface area contributed by atoms with Crippen molar-refractivity contribution in [2.75, 3.05) is 39.9 Å². The third-order valence-corrected chi connectivity index (χ3v) is 2.18. The van der Waals surface area contributed by atoms with E-state index in [0.29, 0.717) is 6.61 Å². The van der Waals surface area contributed by atoms with Crippen LogP contribution in [0.3, 0.4) is 0 Å². The van der Waals surface area contributed by atoms with Gasteiger partial charge in [-0.15, -0.1) is 0 Å². The SMILES string of the molecule is CNCCOCC(=O)N1CCCC1. The van der Waals surface area contributed by atoms with Crippen LogP contribution in [-0.2, 0) is 9.53 Å². The minimum atomic E-state index is 0.133. The Labute approximate surface area is 79.2 Å². The molecule has 1 aliphatic heterocycles. The molecule has 0 bridgehead atoms. The molecule has 0 unspecified atom stereocenters. The predicted octanol–water partition coefficient (Wildman–Crippen LogP) is -0.155. The molecule has 0 aromatic heterocycles. The molecule has 0 radical (unpaired) electrons. The minimum absolute atomic E-state index is 0.133. The highest BCUT2D eigenvalue weighted by atomic mass is 16.5. The van der Waals surface area contributed by atoms with E-state index < -0.39 is 0 Å². The summed E-state index contributed by atoms with van der Waals surface area (Å²) in [5.74, 6) is 0.133. The Kier molecular flexibility index (Phi) is 4.78. The standard InChI is InChI=1S/C9H18N2O2/c1-10-4-7-13-8-9(12)11-5-2-3-6-11/h10H,2-8H2,1H3. The molecule has 0 saturated carbocycles. The normalized spacial score (nSPS) is 16.5. The summed E-state index contributed by atoms with van der Waals surface area (Å²) >= 11 is 0. The van der Waals surface area contributed by atoms with E-state index in [9.17, 15) is 4.79 Å². The van der Waals surface area contributed by atoms with Crippen LogP contribution in [0.4, 0.5) is 0 Å². The summed E-state index contributed by atoms with van der Waals surface area (Å²) in [7, 11) is 1.87. The second kappa shape index (κ2) is 5.94. The summed E-state index contributed by atoms with van der Waals surface area (Å²) in [4.78, 5) is 13.3. The molecule has 1 heterocycles. The molecule has 0 spiro atoms. The molecule has 1 aliphatic rings. The van der Waals surface area contributed by atoms with Gasteiger partial charge in [0.2, 0.25) is 5.91 Å². The van der Waals surface area contributed by atoms with Crippen molar-refractivity contribution >= 4 is 5.91 Å². The molecule has 4 nitrogen and oxygen atoms in total. The van der Waals surface area contributed by atoms with Crippen LogP contribution in [0.2, 0.25) is 0 Å². The van der Waals surface area contributed by atoms with Gasteiger partial charge in [-0.05, 0) is 19.9 Å². The zero-order chi connectivity index (χ0) is 9.52. The van der Waals surface area contributed by atoms with E-state index in [1.807, 2.05) is 11.9 Å². The molecular formula is C9H18N2O2. The van der Waals surface area contributed by atoms with Gasteiger partial charge in [0.15, 0.2) is 0 Å². The number of ether oxygens (including phenoxy) is 1. The van der Waals surface area contributed by atoms with Gasteiger partial charge < -0.3 is 15.0 Å². The van der Waals surface area contributed by atoms with E-state index >= 15 is 0 Å². The maximum absolute atomic E-state index is 11.4. The second-order valence-corrected chi connectivity index (χ2v) is 3.24. The van der Waals surface area contributed by atoms with Crippen molar-refractivity contribution in [3.8, 4) is 0 Å². The topological polar surface area (TPSA) is 41.6 Å². The van der Waals surface area contributed by atoms with Gasteiger partial charge in [0.1, 0.15) is 6.61 Å². The summed E-state index contributed by atoms with van der Waals surface area (Å²) in [5.41, 5.74) is 0. The average molecular weight is 186 g/mol. The Morgan fingerprint density at radius 1 is 1.46 bits per heavy atom. The molecule has 0 atom stereocenters. The monoisotopic (exact) mass is 186 g/mol. The van der Waals surface area contributed by atoms with Gasteiger partial charge in [-0.25, -0.2) is 0 Å². The first-order valence-electron chi connectivity index (χ1n) is 4.84. The molecule has 1 N–H and O–H groups in total. The van der Waals surface area contributed by atoms with Gasteiger partial charge >= 0.3 is 0 Å². The lowest BCUT2D eigenvalue weighted by atomic mass is 10.4. The van der Waals surface area contributed by atoms with Crippen LogP contribution in [-0.4, -0.2) is 50.7 Å². The highest BCUT2D eigenvalue weighted by Gasteiger charge is 2.17. The van der Waals surface area contributed by atoms with Gasteiger partial charge in [-0.2, -0.15) is 0 Å². The number of amides is 1. The molecule has 76 valence electrons. The van der Waals surface area contributed by atoms with Crippen LogP contribution in [0.25, 0.3) is 0 Å². The number of hydrogen-bond donors (Lipinski definition) is 1. The van der Waals surface area contributed by atoms with Crippen molar-refractivity contribution in [3.05, 3.63) is 0 Å². The third-order valence-electron chi connectivity index (χ3n) is 2.18. The molecule has 1 saturated heterocycles. The average Bonchev–Trinajstić information content (AvgIpc) is 2.65. The van der Waals surface area contributed by atoms with E-state index in [1.165, 1.54) is 0 Å². The van der Waals surface area contributed by atoms with E-state index in [-0.39, 0.29) is 12.5 Å². The molecule has 4 heteroatoms. The number of carbonyl (C=O) groups is 1.